The Labute approximate surface area is 190 Å². The zero-order chi connectivity index (χ0) is 24.4. The Hall–Kier alpha value is -3.64. The standard InChI is InChI=1S/C21H21N3O7S2/c1-31-20-15(7-4-14-5-8-16(9-6-14)23-33(3,29)30)12-17(13-18(20)32(2,27)28)24-11-10-19(25)22-21(24)26/h4-13,23H,1-3H3,(H,22,25,26). The number of benzene rings is 2. The molecular weight excluding hydrogens is 470 g/mol. The topological polar surface area (TPSA) is 144 Å². The number of sulfonamides is 1. The molecule has 0 aliphatic rings. The van der Waals surface area contributed by atoms with E-state index < -0.39 is 31.1 Å². The van der Waals surface area contributed by atoms with E-state index in [9.17, 15) is 26.4 Å². The molecule has 12 heteroatoms. The van der Waals surface area contributed by atoms with Gasteiger partial charge in [0.25, 0.3) is 5.56 Å². The molecule has 0 saturated heterocycles. The van der Waals surface area contributed by atoms with Crippen LogP contribution in [0.15, 0.2) is 63.1 Å². The Morgan fingerprint density at radius 1 is 0.970 bits per heavy atom. The van der Waals surface area contributed by atoms with Crippen molar-refractivity contribution < 1.29 is 21.6 Å². The summed E-state index contributed by atoms with van der Waals surface area (Å²) in [6.45, 7) is 0. The Morgan fingerprint density at radius 2 is 1.64 bits per heavy atom. The summed E-state index contributed by atoms with van der Waals surface area (Å²) in [5.41, 5.74) is 0.365. The summed E-state index contributed by atoms with van der Waals surface area (Å²) in [6, 6.07) is 10.5. The molecule has 33 heavy (non-hydrogen) atoms. The molecule has 0 spiro atoms. The van der Waals surface area contributed by atoms with Crippen LogP contribution in [-0.2, 0) is 19.9 Å². The van der Waals surface area contributed by atoms with Crippen LogP contribution in [0.5, 0.6) is 5.75 Å². The molecule has 2 N–H and O–H groups in total. The number of nitrogens with zero attached hydrogens (tertiary/aromatic N) is 1. The number of aromatic nitrogens is 2. The van der Waals surface area contributed by atoms with Crippen LogP contribution in [0.1, 0.15) is 11.1 Å². The molecule has 0 fully saturated rings. The number of anilines is 1. The van der Waals surface area contributed by atoms with Crippen molar-refractivity contribution in [3.63, 3.8) is 0 Å². The van der Waals surface area contributed by atoms with Gasteiger partial charge in [-0.3, -0.25) is 19.1 Å². The minimum atomic E-state index is -3.74. The van der Waals surface area contributed by atoms with Crippen LogP contribution in [-0.4, -0.2) is 46.0 Å². The maximum atomic E-state index is 12.4. The van der Waals surface area contributed by atoms with Crippen molar-refractivity contribution >= 4 is 37.7 Å². The van der Waals surface area contributed by atoms with Gasteiger partial charge in [-0.15, -0.1) is 0 Å². The van der Waals surface area contributed by atoms with Crippen LogP contribution >= 0.6 is 0 Å². The maximum absolute atomic E-state index is 12.4. The Morgan fingerprint density at radius 3 is 2.18 bits per heavy atom. The van der Waals surface area contributed by atoms with Crippen molar-refractivity contribution in [1.29, 1.82) is 0 Å². The fraction of sp³-hybridized carbons (Fsp3) is 0.143. The highest BCUT2D eigenvalue weighted by Crippen LogP contribution is 2.32. The van der Waals surface area contributed by atoms with Crippen molar-refractivity contribution in [2.75, 3.05) is 24.3 Å². The summed E-state index contributed by atoms with van der Waals surface area (Å²) >= 11 is 0. The molecule has 0 amide bonds. The maximum Gasteiger partial charge on any atom is 0.332 e. The van der Waals surface area contributed by atoms with Gasteiger partial charge < -0.3 is 4.74 Å². The fourth-order valence-corrected chi connectivity index (χ4v) is 4.49. The molecule has 2 aromatic carbocycles. The van der Waals surface area contributed by atoms with E-state index in [4.69, 9.17) is 4.74 Å². The largest absolute Gasteiger partial charge is 0.495 e. The number of rotatable bonds is 7. The molecule has 3 aromatic rings. The average Bonchev–Trinajstić information content (AvgIpc) is 2.71. The van der Waals surface area contributed by atoms with Crippen molar-refractivity contribution in [2.24, 2.45) is 0 Å². The van der Waals surface area contributed by atoms with E-state index in [0.717, 1.165) is 23.1 Å². The van der Waals surface area contributed by atoms with Gasteiger partial charge >= 0.3 is 5.69 Å². The number of aromatic amines is 1. The zero-order valence-corrected chi connectivity index (χ0v) is 19.5. The van der Waals surface area contributed by atoms with Crippen molar-refractivity contribution in [3.8, 4) is 11.4 Å². The Bertz CT molecular complexity index is 1550. The molecule has 174 valence electrons. The summed E-state index contributed by atoms with van der Waals surface area (Å²) in [5, 5.41) is 0. The van der Waals surface area contributed by atoms with Gasteiger partial charge in [0, 0.05) is 29.8 Å². The van der Waals surface area contributed by atoms with Crippen LogP contribution < -0.4 is 20.7 Å². The van der Waals surface area contributed by atoms with Crippen LogP contribution in [0.25, 0.3) is 17.8 Å². The second-order valence-corrected chi connectivity index (χ2v) is 10.9. The molecule has 0 unspecified atom stereocenters. The lowest BCUT2D eigenvalue weighted by Crippen LogP contribution is -2.27. The van der Waals surface area contributed by atoms with Crippen molar-refractivity contribution in [3.05, 3.63) is 80.6 Å². The minimum Gasteiger partial charge on any atom is -0.495 e. The highest BCUT2D eigenvalue weighted by molar-refractivity contribution is 7.92. The molecule has 0 atom stereocenters. The molecule has 10 nitrogen and oxygen atoms in total. The highest BCUT2D eigenvalue weighted by atomic mass is 32.2. The quantitative estimate of drug-likeness (QED) is 0.476. The van der Waals surface area contributed by atoms with Crippen molar-refractivity contribution in [1.82, 2.24) is 9.55 Å². The summed E-state index contributed by atoms with van der Waals surface area (Å²) in [4.78, 5) is 25.6. The smallest absolute Gasteiger partial charge is 0.332 e. The third-order valence-corrected chi connectivity index (χ3v) is 6.15. The monoisotopic (exact) mass is 491 g/mol. The first-order valence-electron chi connectivity index (χ1n) is 9.38. The number of sulfone groups is 1. The zero-order valence-electron chi connectivity index (χ0n) is 17.9. The van der Waals surface area contributed by atoms with Gasteiger partial charge in [0.15, 0.2) is 9.84 Å². The molecular formula is C21H21N3O7S2. The van der Waals surface area contributed by atoms with E-state index >= 15 is 0 Å². The summed E-state index contributed by atoms with van der Waals surface area (Å²) in [7, 11) is -5.81. The van der Waals surface area contributed by atoms with E-state index in [0.29, 0.717) is 16.8 Å². The van der Waals surface area contributed by atoms with E-state index in [1.54, 1.807) is 42.5 Å². The Kier molecular flexibility index (Phi) is 6.60. The summed E-state index contributed by atoms with van der Waals surface area (Å²) < 4.78 is 56.3. The molecule has 1 aromatic heterocycles. The summed E-state index contributed by atoms with van der Waals surface area (Å²) in [5.74, 6) is 0.0883. The van der Waals surface area contributed by atoms with Gasteiger partial charge in [-0.05, 0) is 29.8 Å². The van der Waals surface area contributed by atoms with E-state index in [2.05, 4.69) is 9.71 Å². The molecule has 1 heterocycles. The second kappa shape index (κ2) is 9.08. The van der Waals surface area contributed by atoms with Gasteiger partial charge in [-0.25, -0.2) is 21.6 Å². The van der Waals surface area contributed by atoms with Crippen LogP contribution in [0.4, 0.5) is 5.69 Å². The lowest BCUT2D eigenvalue weighted by atomic mass is 10.1. The third-order valence-electron chi connectivity index (χ3n) is 4.44. The summed E-state index contributed by atoms with van der Waals surface area (Å²) in [6.07, 6.45) is 6.59. The number of H-pyrrole nitrogens is 1. The van der Waals surface area contributed by atoms with Gasteiger partial charge in [-0.2, -0.15) is 0 Å². The molecule has 0 saturated carbocycles. The predicted molar refractivity (Wildman–Crippen MR) is 126 cm³/mol. The molecule has 3 rings (SSSR count). The molecule has 0 aliphatic carbocycles. The number of hydrogen-bond acceptors (Lipinski definition) is 7. The van der Waals surface area contributed by atoms with Gasteiger partial charge in [0.2, 0.25) is 10.0 Å². The first-order chi connectivity index (χ1) is 15.4. The van der Waals surface area contributed by atoms with Crippen LogP contribution in [0, 0.1) is 0 Å². The first kappa shape index (κ1) is 24.0. The fourth-order valence-electron chi connectivity index (χ4n) is 3.05. The third kappa shape index (κ3) is 5.99. The number of ether oxygens (including phenoxy) is 1. The van der Waals surface area contributed by atoms with Crippen molar-refractivity contribution in [2.45, 2.75) is 4.90 Å². The average molecular weight is 492 g/mol. The normalized spacial score (nSPS) is 12.1. The lowest BCUT2D eigenvalue weighted by Gasteiger charge is -2.14. The van der Waals surface area contributed by atoms with Crippen LogP contribution in [0.2, 0.25) is 0 Å². The first-order valence-corrected chi connectivity index (χ1v) is 13.2. The van der Waals surface area contributed by atoms with Crippen LogP contribution in [0.3, 0.4) is 0 Å². The molecule has 0 radical (unpaired) electrons. The number of nitrogens with one attached hydrogen (secondary N) is 2. The minimum absolute atomic E-state index is 0.0883. The predicted octanol–water partition coefficient (Wildman–Crippen LogP) is 1.48. The Balaban J connectivity index is 2.12. The van der Waals surface area contributed by atoms with E-state index in [-0.39, 0.29) is 16.3 Å². The SMILES string of the molecule is COc1c(C=Cc2ccc(NS(C)(=O)=O)cc2)cc(-n2ccc(=O)[nH]c2=O)cc1S(C)(=O)=O. The molecule has 0 aliphatic heterocycles. The highest BCUT2D eigenvalue weighted by Gasteiger charge is 2.19. The van der Waals surface area contributed by atoms with Gasteiger partial charge in [0.05, 0.1) is 19.1 Å². The van der Waals surface area contributed by atoms with E-state index in [1.807, 2.05) is 0 Å². The second-order valence-electron chi connectivity index (χ2n) is 7.15. The molecule has 0 bridgehead atoms. The lowest BCUT2D eigenvalue weighted by molar-refractivity contribution is 0.402. The number of hydrogen-bond donors (Lipinski definition) is 2. The van der Waals surface area contributed by atoms with E-state index in [1.165, 1.54) is 19.4 Å². The van der Waals surface area contributed by atoms with Gasteiger partial charge in [0.1, 0.15) is 10.6 Å². The number of methoxy groups -OCH3 is 1. The van der Waals surface area contributed by atoms with Gasteiger partial charge in [-0.1, -0.05) is 24.3 Å².